The minimum Gasteiger partial charge on any atom is -0.394 e. The second kappa shape index (κ2) is 23.5. The maximum Gasteiger partial charge on any atom is 0.187 e. The number of rotatable bonds is 16. The molecule has 392 valence electrons. The summed E-state index contributed by atoms with van der Waals surface area (Å²) in [5, 5.41) is 211. The summed E-state index contributed by atoms with van der Waals surface area (Å²) in [7, 11) is 0. The number of aliphatic hydroxyl groups excluding tert-OH is 20. The summed E-state index contributed by atoms with van der Waals surface area (Å²) in [5.41, 5.74) is 0. The van der Waals surface area contributed by atoms with Gasteiger partial charge in [0.1, 0.15) is 146 Å². The van der Waals surface area contributed by atoms with Crippen molar-refractivity contribution in [3.05, 3.63) is 0 Å². The Balaban J connectivity index is 1.18. The summed E-state index contributed by atoms with van der Waals surface area (Å²) in [4.78, 5) is 0. The second-order valence-corrected chi connectivity index (χ2v) is 16.8. The van der Waals surface area contributed by atoms with E-state index in [1.807, 2.05) is 0 Å². The van der Waals surface area contributed by atoms with E-state index in [-0.39, 0.29) is 0 Å². The smallest absolute Gasteiger partial charge is 0.187 e. The van der Waals surface area contributed by atoms with E-state index in [4.69, 9.17) is 52.1 Å². The Labute approximate surface area is 378 Å². The van der Waals surface area contributed by atoms with Crippen LogP contribution in [-0.2, 0) is 52.1 Å². The van der Waals surface area contributed by atoms with E-state index in [1.54, 1.807) is 0 Å². The number of hydrogen-bond acceptors (Lipinski definition) is 31. The molecular weight excluding hydrogens is 928 g/mol. The predicted octanol–water partition coefficient (Wildman–Crippen LogP) is -14.1. The normalized spacial score (nSPS) is 53.4. The van der Waals surface area contributed by atoms with Gasteiger partial charge in [-0.25, -0.2) is 0 Å². The fraction of sp³-hybridized carbons (Fsp3) is 1.00. The summed E-state index contributed by atoms with van der Waals surface area (Å²) >= 11 is 0. The van der Waals surface area contributed by atoms with Gasteiger partial charge < -0.3 is 154 Å². The van der Waals surface area contributed by atoms with Gasteiger partial charge in [0.2, 0.25) is 0 Å². The fourth-order valence-corrected chi connectivity index (χ4v) is 8.49. The highest BCUT2D eigenvalue weighted by Crippen LogP contribution is 2.37. The van der Waals surface area contributed by atoms with Crippen LogP contribution in [0.5, 0.6) is 0 Å². The van der Waals surface area contributed by atoms with E-state index in [2.05, 4.69) is 0 Å². The van der Waals surface area contributed by atoms with Gasteiger partial charge >= 0.3 is 0 Å². The molecule has 0 spiro atoms. The monoisotopic (exact) mass is 990 g/mol. The van der Waals surface area contributed by atoms with Gasteiger partial charge in [-0.15, -0.1) is 0 Å². The summed E-state index contributed by atoms with van der Waals surface area (Å²) in [6.45, 7) is -5.79. The van der Waals surface area contributed by atoms with Gasteiger partial charge in [-0.3, -0.25) is 0 Å². The molecule has 6 aliphatic rings. The minimum absolute atomic E-state index is 0.862. The van der Waals surface area contributed by atoms with Gasteiger partial charge in [0.05, 0.1) is 39.6 Å². The van der Waals surface area contributed by atoms with Crippen LogP contribution in [0.4, 0.5) is 0 Å². The third-order valence-corrected chi connectivity index (χ3v) is 12.4. The summed E-state index contributed by atoms with van der Waals surface area (Å²) in [5.74, 6) is 0. The van der Waals surface area contributed by atoms with Crippen LogP contribution < -0.4 is 0 Å². The zero-order valence-electron chi connectivity index (χ0n) is 35.0. The molecule has 6 heterocycles. The van der Waals surface area contributed by atoms with Crippen molar-refractivity contribution in [2.75, 3.05) is 39.6 Å². The molecule has 0 saturated carbocycles. The molecule has 6 aliphatic heterocycles. The molecule has 6 rings (SSSR count). The Bertz CT molecular complexity index is 1510. The molecule has 6 fully saturated rings. The molecule has 6 saturated heterocycles. The average molecular weight is 991 g/mol. The van der Waals surface area contributed by atoms with Gasteiger partial charge in [-0.1, -0.05) is 0 Å². The zero-order valence-corrected chi connectivity index (χ0v) is 35.0. The standard InChI is InChI=1S/C36H62O31/c37-1-7-13(43)19(49)20(50)32(58-7)64-27-15(45)9(3-39)60-34(22(27)52)66-29-17(47)11(5-41)62-36(24(29)54)67-30-18(48)12(6-42)61-35(25(30)55)65-28-16(46)10(4-40)59-33(23(28)53)63-26-14(44)8(2-38)57-31(56)21(26)51/h7-56H,1-6H2/t7-,8-,9-,10-,11-,12-,13-,14-,15-,16-,17-,18-,19+,20+,21+,22+,23+,24+,25+,26+,27+,28+,29+,30+,31-,32+,33+,34+,35+,36-/m1/s1. The number of ether oxygens (including phenoxy) is 11. The van der Waals surface area contributed by atoms with Crippen molar-refractivity contribution in [1.29, 1.82) is 0 Å². The zero-order chi connectivity index (χ0) is 49.3. The third-order valence-electron chi connectivity index (χ3n) is 12.4. The van der Waals surface area contributed by atoms with Crippen LogP contribution in [0.15, 0.2) is 0 Å². The van der Waals surface area contributed by atoms with E-state index < -0.39 is 224 Å². The molecule has 0 aliphatic carbocycles. The first-order valence-electron chi connectivity index (χ1n) is 21.1. The average Bonchev–Trinajstić information content (AvgIpc) is 3.31. The lowest BCUT2D eigenvalue weighted by Gasteiger charge is -2.50. The van der Waals surface area contributed by atoms with Crippen LogP contribution in [0, 0.1) is 0 Å². The molecule has 31 nitrogen and oxygen atoms in total. The van der Waals surface area contributed by atoms with Crippen molar-refractivity contribution >= 4 is 0 Å². The van der Waals surface area contributed by atoms with Crippen molar-refractivity contribution in [1.82, 2.24) is 0 Å². The minimum atomic E-state index is -2.26. The highest BCUT2D eigenvalue weighted by atomic mass is 16.8. The van der Waals surface area contributed by atoms with Gasteiger partial charge in [0.25, 0.3) is 0 Å². The lowest BCUT2D eigenvalue weighted by Crippen LogP contribution is -2.68. The van der Waals surface area contributed by atoms with Crippen LogP contribution in [0.1, 0.15) is 0 Å². The molecule has 20 N–H and O–H groups in total. The van der Waals surface area contributed by atoms with Crippen molar-refractivity contribution < 1.29 is 154 Å². The van der Waals surface area contributed by atoms with Crippen molar-refractivity contribution in [2.45, 2.75) is 184 Å². The number of hydrogen-bond donors (Lipinski definition) is 20. The van der Waals surface area contributed by atoms with E-state index in [9.17, 15) is 102 Å². The molecule has 0 bridgehead atoms. The third kappa shape index (κ3) is 11.2. The SMILES string of the molecule is OC[C@H]1O[C@@H](O[C@@H]2[C@H](O)[C@H](O[C@@H]3[C@H](O)[C@@H](O[C@@H]4[C@H](O)[C@H](O[C@@H]5[C@H](O)[C@H](O[C@@H]6[C@H](O)[C@H](O)O[C@H](CO)[C@H]6O)O[C@H](CO)[C@H]5O)O[C@H](CO)[C@H]4O)O[C@H](CO)[C@H]3O)O[C@H](CO)[C@H]2O)[C@@H](O)[C@@H](O)[C@@H]1O. The highest BCUT2D eigenvalue weighted by Gasteiger charge is 2.58. The molecule has 0 aromatic heterocycles. The van der Waals surface area contributed by atoms with Gasteiger partial charge in [0.15, 0.2) is 37.7 Å². The Kier molecular flexibility index (Phi) is 19.4. The van der Waals surface area contributed by atoms with E-state index in [0.717, 1.165) is 0 Å². The first-order valence-corrected chi connectivity index (χ1v) is 21.1. The van der Waals surface area contributed by atoms with Crippen LogP contribution in [-0.4, -0.2) is 326 Å². The molecular formula is C36H62O31. The van der Waals surface area contributed by atoms with Crippen LogP contribution >= 0.6 is 0 Å². The quantitative estimate of drug-likeness (QED) is 0.0683. The van der Waals surface area contributed by atoms with Crippen molar-refractivity contribution in [3.8, 4) is 0 Å². The fourth-order valence-electron chi connectivity index (χ4n) is 8.49. The van der Waals surface area contributed by atoms with E-state index >= 15 is 0 Å². The number of aliphatic hydroxyl groups is 20. The second-order valence-electron chi connectivity index (χ2n) is 16.8. The Morgan fingerprint density at radius 1 is 0.224 bits per heavy atom. The summed E-state index contributed by atoms with van der Waals surface area (Å²) in [6, 6.07) is 0. The molecule has 0 aromatic rings. The Morgan fingerprint density at radius 3 is 0.687 bits per heavy atom. The summed E-state index contributed by atoms with van der Waals surface area (Å²) < 4.78 is 60.4. The lowest BCUT2D eigenvalue weighted by atomic mass is 9.95. The van der Waals surface area contributed by atoms with Gasteiger partial charge in [0, 0.05) is 0 Å². The first-order chi connectivity index (χ1) is 31.8. The molecule has 0 radical (unpaired) electrons. The first kappa shape index (κ1) is 55.1. The van der Waals surface area contributed by atoms with Gasteiger partial charge in [-0.2, -0.15) is 0 Å². The summed E-state index contributed by atoms with van der Waals surface area (Å²) in [6.07, 6.45) is -58.5. The maximum absolute atomic E-state index is 11.5. The lowest BCUT2D eigenvalue weighted by molar-refractivity contribution is -0.398. The Morgan fingerprint density at radius 2 is 0.433 bits per heavy atom. The van der Waals surface area contributed by atoms with Gasteiger partial charge in [-0.05, 0) is 0 Å². The van der Waals surface area contributed by atoms with E-state index in [0.29, 0.717) is 0 Å². The largest absolute Gasteiger partial charge is 0.394 e. The van der Waals surface area contributed by atoms with Crippen LogP contribution in [0.3, 0.4) is 0 Å². The molecule has 0 amide bonds. The molecule has 30 atom stereocenters. The molecule has 31 heteroatoms. The molecule has 0 unspecified atom stereocenters. The Hall–Kier alpha value is -1.24. The molecule has 0 aromatic carbocycles. The highest BCUT2D eigenvalue weighted by molar-refractivity contribution is 5.00. The van der Waals surface area contributed by atoms with E-state index in [1.165, 1.54) is 0 Å². The van der Waals surface area contributed by atoms with Crippen LogP contribution in [0.2, 0.25) is 0 Å². The predicted molar refractivity (Wildman–Crippen MR) is 199 cm³/mol. The van der Waals surface area contributed by atoms with Crippen LogP contribution in [0.25, 0.3) is 0 Å². The van der Waals surface area contributed by atoms with Crippen molar-refractivity contribution in [2.24, 2.45) is 0 Å². The topological polar surface area (TPSA) is 506 Å². The van der Waals surface area contributed by atoms with Crippen molar-refractivity contribution in [3.63, 3.8) is 0 Å². The molecule has 67 heavy (non-hydrogen) atoms. The maximum atomic E-state index is 11.5.